The van der Waals surface area contributed by atoms with Gasteiger partial charge >= 0.3 is 12.2 Å². The first-order valence-electron chi connectivity index (χ1n) is 17.0. The predicted molar refractivity (Wildman–Crippen MR) is 207 cm³/mol. The van der Waals surface area contributed by atoms with Crippen molar-refractivity contribution in [3.63, 3.8) is 0 Å². The van der Waals surface area contributed by atoms with E-state index >= 15 is 0 Å². The SMILES string of the molecule is CCN(CC)CCOc1ccc(Nc2ncc3cc(-c4c(Cl)ccc(NC(=O)c5cccc(C(F)(F)F)c5)c4Cl)c(NC(=O)NC(C)(C)C)nc3n2)cc1. The number of pyridine rings is 1. The molecule has 11 nitrogen and oxygen atoms in total. The van der Waals surface area contributed by atoms with Crippen molar-refractivity contribution in [3.05, 3.63) is 94.1 Å². The molecule has 0 fully saturated rings. The number of anilines is 4. The fourth-order valence-corrected chi connectivity index (χ4v) is 5.93. The van der Waals surface area contributed by atoms with E-state index in [0.29, 0.717) is 17.7 Å². The molecular weight excluding hydrogens is 744 g/mol. The van der Waals surface area contributed by atoms with E-state index in [1.54, 1.807) is 6.07 Å². The summed E-state index contributed by atoms with van der Waals surface area (Å²) in [6.45, 7) is 12.9. The van der Waals surface area contributed by atoms with Crippen molar-refractivity contribution in [2.75, 3.05) is 42.2 Å². The number of carbonyl (C=O) groups excluding carboxylic acids is 2. The number of nitrogens with zero attached hydrogens (tertiary/aromatic N) is 4. The molecule has 0 atom stereocenters. The van der Waals surface area contributed by atoms with E-state index in [9.17, 15) is 22.8 Å². The molecule has 4 N–H and O–H groups in total. The lowest BCUT2D eigenvalue weighted by Gasteiger charge is -2.22. The van der Waals surface area contributed by atoms with Gasteiger partial charge in [-0.1, -0.05) is 43.1 Å². The Balaban J connectivity index is 1.46. The highest BCUT2D eigenvalue weighted by Crippen LogP contribution is 2.43. The number of carbonyl (C=O) groups is 2. The quantitative estimate of drug-likeness (QED) is 0.0984. The summed E-state index contributed by atoms with van der Waals surface area (Å²) in [6.07, 6.45) is -3.11. The lowest BCUT2D eigenvalue weighted by Crippen LogP contribution is -2.43. The maximum atomic E-state index is 13.3. The highest BCUT2D eigenvalue weighted by molar-refractivity contribution is 6.41. The van der Waals surface area contributed by atoms with Crippen LogP contribution in [0.4, 0.5) is 41.1 Å². The number of rotatable bonds is 12. The topological polar surface area (TPSA) is 133 Å². The van der Waals surface area contributed by atoms with Gasteiger partial charge in [0.15, 0.2) is 5.65 Å². The smallest absolute Gasteiger partial charge is 0.416 e. The van der Waals surface area contributed by atoms with E-state index in [1.807, 2.05) is 45.0 Å². The van der Waals surface area contributed by atoms with Crippen LogP contribution in [0.3, 0.4) is 0 Å². The van der Waals surface area contributed by atoms with E-state index < -0.39 is 29.2 Å². The van der Waals surface area contributed by atoms with E-state index in [2.05, 4.69) is 55.0 Å². The van der Waals surface area contributed by atoms with Crippen molar-refractivity contribution in [1.29, 1.82) is 0 Å². The van der Waals surface area contributed by atoms with Crippen molar-refractivity contribution in [2.45, 2.75) is 46.3 Å². The number of likely N-dealkylation sites (N-methyl/N-ethyl adjacent to an activating group) is 1. The van der Waals surface area contributed by atoms with Crippen LogP contribution >= 0.6 is 23.2 Å². The molecule has 0 saturated heterocycles. The number of nitrogens with one attached hydrogen (secondary N) is 4. The van der Waals surface area contributed by atoms with Crippen LogP contribution in [0.25, 0.3) is 22.2 Å². The van der Waals surface area contributed by atoms with Crippen molar-refractivity contribution in [1.82, 2.24) is 25.2 Å². The van der Waals surface area contributed by atoms with Crippen LogP contribution in [0.2, 0.25) is 10.0 Å². The van der Waals surface area contributed by atoms with Crippen LogP contribution in [-0.4, -0.2) is 63.6 Å². The van der Waals surface area contributed by atoms with Crippen LogP contribution in [-0.2, 0) is 6.18 Å². The maximum Gasteiger partial charge on any atom is 0.416 e. The molecule has 5 rings (SSSR count). The van der Waals surface area contributed by atoms with Crippen molar-refractivity contribution in [2.24, 2.45) is 0 Å². The molecule has 0 aliphatic rings. The Kier molecular flexibility index (Phi) is 12.5. The second kappa shape index (κ2) is 16.9. The summed E-state index contributed by atoms with van der Waals surface area (Å²) in [5, 5.41) is 11.8. The minimum Gasteiger partial charge on any atom is -0.492 e. The Morgan fingerprint density at radius 1 is 0.907 bits per heavy atom. The lowest BCUT2D eigenvalue weighted by molar-refractivity contribution is -0.137. The molecular formula is C38H39Cl2F3N8O3. The zero-order valence-electron chi connectivity index (χ0n) is 30.2. The van der Waals surface area contributed by atoms with Gasteiger partial charge in [0.05, 0.1) is 21.3 Å². The second-order valence-electron chi connectivity index (χ2n) is 13.2. The highest BCUT2D eigenvalue weighted by atomic mass is 35.5. The number of urea groups is 1. The summed E-state index contributed by atoms with van der Waals surface area (Å²) in [5.74, 6) is 0.160. The third kappa shape index (κ3) is 10.3. The number of hydrogen-bond donors (Lipinski definition) is 4. The van der Waals surface area contributed by atoms with E-state index in [0.717, 1.165) is 43.6 Å². The fourth-order valence-electron chi connectivity index (χ4n) is 5.31. The molecule has 16 heteroatoms. The number of halogens is 5. The monoisotopic (exact) mass is 782 g/mol. The van der Waals surface area contributed by atoms with E-state index in [-0.39, 0.29) is 49.8 Å². The molecule has 0 bridgehead atoms. The molecule has 0 saturated carbocycles. The summed E-state index contributed by atoms with van der Waals surface area (Å²) in [7, 11) is 0. The lowest BCUT2D eigenvalue weighted by atomic mass is 10.0. The minimum atomic E-state index is -4.64. The van der Waals surface area contributed by atoms with Crippen molar-refractivity contribution < 1.29 is 27.5 Å². The first-order chi connectivity index (χ1) is 25.5. The number of alkyl halides is 3. The molecule has 2 heterocycles. The van der Waals surface area contributed by atoms with Crippen LogP contribution < -0.4 is 26.0 Å². The Hall–Kier alpha value is -5.18. The molecule has 54 heavy (non-hydrogen) atoms. The van der Waals surface area contributed by atoms with Gasteiger partial charge in [0, 0.05) is 46.0 Å². The normalized spacial score (nSPS) is 11.8. The van der Waals surface area contributed by atoms with Gasteiger partial charge in [-0.15, -0.1) is 0 Å². The van der Waals surface area contributed by atoms with Gasteiger partial charge in [-0.25, -0.2) is 14.8 Å². The first kappa shape index (κ1) is 40.0. The fraction of sp³-hybridized carbons (Fsp3) is 0.289. The summed E-state index contributed by atoms with van der Waals surface area (Å²) >= 11 is 13.5. The molecule has 0 spiro atoms. The molecule has 0 aliphatic carbocycles. The number of fused-ring (bicyclic) bond motifs is 1. The average molecular weight is 784 g/mol. The van der Waals surface area contributed by atoms with Gasteiger partial charge in [0.2, 0.25) is 5.95 Å². The zero-order chi connectivity index (χ0) is 39.2. The third-order valence-corrected chi connectivity index (χ3v) is 8.74. The van der Waals surface area contributed by atoms with E-state index in [1.165, 1.54) is 24.4 Å². The molecule has 2 aromatic heterocycles. The van der Waals surface area contributed by atoms with E-state index in [4.69, 9.17) is 27.9 Å². The van der Waals surface area contributed by atoms with Crippen LogP contribution in [0, 0.1) is 0 Å². The minimum absolute atomic E-state index is 0.0327. The number of hydrogen-bond acceptors (Lipinski definition) is 8. The standard InChI is InChI=1S/C38H39Cl2F3N8O3/c1-6-51(7-2)17-18-54-26-13-11-25(12-14-26)45-35-44-21-23-20-27(33(47-32(23)48-35)49-36(53)50-37(3,4)5)30-28(39)15-16-29(31(30)40)46-34(52)22-9-8-10-24(19-22)38(41,42)43/h8-16,19-21H,6-7,17-18H2,1-5H3,(H,46,52)(H3,44,45,47,48,49,50,53). The van der Waals surface area contributed by atoms with Gasteiger partial charge in [0.25, 0.3) is 5.91 Å². The number of amides is 3. The van der Waals surface area contributed by atoms with Crippen molar-refractivity contribution >= 4 is 69.3 Å². The summed E-state index contributed by atoms with van der Waals surface area (Å²) in [4.78, 5) is 42.2. The van der Waals surface area contributed by atoms with Gasteiger partial charge in [0.1, 0.15) is 18.2 Å². The molecule has 5 aromatic rings. The molecule has 3 amide bonds. The average Bonchev–Trinajstić information content (AvgIpc) is 3.11. The molecule has 3 aromatic carbocycles. The largest absolute Gasteiger partial charge is 0.492 e. The molecule has 0 unspecified atom stereocenters. The predicted octanol–water partition coefficient (Wildman–Crippen LogP) is 9.65. The van der Waals surface area contributed by atoms with Gasteiger partial charge in [-0.2, -0.15) is 18.2 Å². The number of ether oxygens (including phenoxy) is 1. The van der Waals surface area contributed by atoms with Gasteiger partial charge in [-0.3, -0.25) is 10.1 Å². The molecule has 284 valence electrons. The summed E-state index contributed by atoms with van der Waals surface area (Å²) < 4.78 is 45.8. The van der Waals surface area contributed by atoms with Gasteiger partial charge < -0.3 is 25.6 Å². The Bertz CT molecular complexity index is 2140. The zero-order valence-corrected chi connectivity index (χ0v) is 31.7. The summed E-state index contributed by atoms with van der Waals surface area (Å²) in [6, 6.07) is 15.3. The Labute approximate surface area is 320 Å². The van der Waals surface area contributed by atoms with Crippen LogP contribution in [0.15, 0.2) is 72.9 Å². The maximum absolute atomic E-state index is 13.3. The second-order valence-corrected chi connectivity index (χ2v) is 13.9. The Morgan fingerprint density at radius 2 is 1.63 bits per heavy atom. The van der Waals surface area contributed by atoms with Crippen molar-refractivity contribution in [3.8, 4) is 16.9 Å². The highest BCUT2D eigenvalue weighted by Gasteiger charge is 2.31. The number of aromatic nitrogens is 3. The Morgan fingerprint density at radius 3 is 2.30 bits per heavy atom. The summed E-state index contributed by atoms with van der Waals surface area (Å²) in [5.41, 5.74) is -0.390. The first-order valence-corrected chi connectivity index (χ1v) is 17.8. The van der Waals surface area contributed by atoms with Crippen LogP contribution in [0.1, 0.15) is 50.5 Å². The third-order valence-electron chi connectivity index (χ3n) is 8.03. The number of benzene rings is 3. The molecule has 0 aliphatic heterocycles. The van der Waals surface area contributed by atoms with Gasteiger partial charge in [-0.05, 0) is 94.5 Å². The van der Waals surface area contributed by atoms with Crippen LogP contribution in [0.5, 0.6) is 5.75 Å². The molecule has 0 radical (unpaired) electrons.